The lowest BCUT2D eigenvalue weighted by molar-refractivity contribution is -0.114. The van der Waals surface area contributed by atoms with Crippen LogP contribution in [0.25, 0.3) is 11.0 Å². The van der Waals surface area contributed by atoms with Crippen molar-refractivity contribution in [1.82, 2.24) is 9.97 Å². The molecule has 3 N–H and O–H groups in total. The SMILES string of the molecule is NC=C1C(=O)N(c2nc3ccccc3[nH]2)N=C1c1ccccc1. The van der Waals surface area contributed by atoms with Crippen molar-refractivity contribution in [3.63, 3.8) is 0 Å². The maximum atomic E-state index is 12.6. The maximum absolute atomic E-state index is 12.6. The van der Waals surface area contributed by atoms with Crippen LogP contribution >= 0.6 is 0 Å². The number of aromatic amines is 1. The Morgan fingerprint density at radius 1 is 1.04 bits per heavy atom. The summed E-state index contributed by atoms with van der Waals surface area (Å²) in [6.07, 6.45) is 1.29. The van der Waals surface area contributed by atoms with E-state index < -0.39 is 0 Å². The monoisotopic (exact) mass is 303 g/mol. The molecule has 0 aliphatic carbocycles. The van der Waals surface area contributed by atoms with Crippen LogP contribution in [0.1, 0.15) is 5.56 Å². The number of hydrogen-bond donors (Lipinski definition) is 2. The molecule has 23 heavy (non-hydrogen) atoms. The summed E-state index contributed by atoms with van der Waals surface area (Å²) in [7, 11) is 0. The fourth-order valence-electron chi connectivity index (χ4n) is 2.56. The Labute approximate surface area is 131 Å². The van der Waals surface area contributed by atoms with Crippen molar-refractivity contribution < 1.29 is 4.79 Å². The van der Waals surface area contributed by atoms with E-state index in [4.69, 9.17) is 5.73 Å². The van der Waals surface area contributed by atoms with Gasteiger partial charge in [-0.1, -0.05) is 42.5 Å². The van der Waals surface area contributed by atoms with Gasteiger partial charge in [0.25, 0.3) is 5.91 Å². The molecule has 6 heteroatoms. The standard InChI is InChI=1S/C17H13N5O/c18-10-12-15(11-6-2-1-3-7-11)21-22(16(12)23)17-19-13-8-4-5-9-14(13)20-17/h1-10H,18H2,(H,19,20). The number of nitrogens with zero attached hydrogens (tertiary/aromatic N) is 3. The molecule has 0 saturated carbocycles. The predicted molar refractivity (Wildman–Crippen MR) is 88.8 cm³/mol. The number of para-hydroxylation sites is 2. The summed E-state index contributed by atoms with van der Waals surface area (Å²) >= 11 is 0. The first kappa shape index (κ1) is 13.3. The first-order valence-corrected chi connectivity index (χ1v) is 7.13. The van der Waals surface area contributed by atoms with Crippen LogP contribution in [0.4, 0.5) is 5.95 Å². The van der Waals surface area contributed by atoms with Crippen LogP contribution in [-0.4, -0.2) is 21.6 Å². The number of carbonyl (C=O) groups is 1. The largest absolute Gasteiger partial charge is 0.404 e. The molecule has 0 fully saturated rings. The first-order valence-electron chi connectivity index (χ1n) is 7.13. The summed E-state index contributed by atoms with van der Waals surface area (Å²) in [6, 6.07) is 17.0. The second kappa shape index (κ2) is 5.10. The Hall–Kier alpha value is -3.41. The summed E-state index contributed by atoms with van der Waals surface area (Å²) in [5, 5.41) is 5.67. The van der Waals surface area contributed by atoms with Gasteiger partial charge in [-0.15, -0.1) is 0 Å². The minimum Gasteiger partial charge on any atom is -0.404 e. The third-order valence-corrected chi connectivity index (χ3v) is 3.67. The molecule has 2 aromatic carbocycles. The van der Waals surface area contributed by atoms with Crippen LogP contribution in [-0.2, 0) is 4.79 Å². The highest BCUT2D eigenvalue weighted by Gasteiger charge is 2.33. The van der Waals surface area contributed by atoms with Gasteiger partial charge in [-0.05, 0) is 12.1 Å². The molecular formula is C17H13N5O. The van der Waals surface area contributed by atoms with E-state index >= 15 is 0 Å². The topological polar surface area (TPSA) is 87.4 Å². The lowest BCUT2D eigenvalue weighted by Crippen LogP contribution is -2.23. The number of aromatic nitrogens is 2. The molecule has 0 unspecified atom stereocenters. The molecule has 1 aliphatic heterocycles. The van der Waals surface area contributed by atoms with Crippen LogP contribution in [0.3, 0.4) is 0 Å². The van der Waals surface area contributed by atoms with Crippen LogP contribution < -0.4 is 10.7 Å². The molecule has 0 bridgehead atoms. The summed E-state index contributed by atoms with van der Waals surface area (Å²) in [5.74, 6) is 0.0758. The van der Waals surface area contributed by atoms with Crippen LogP contribution in [0.5, 0.6) is 0 Å². The number of fused-ring (bicyclic) bond motifs is 1. The Balaban J connectivity index is 1.82. The highest BCUT2D eigenvalue weighted by molar-refractivity contribution is 6.35. The van der Waals surface area contributed by atoms with Gasteiger partial charge in [0.2, 0.25) is 5.95 Å². The van der Waals surface area contributed by atoms with E-state index in [0.717, 1.165) is 16.6 Å². The third-order valence-electron chi connectivity index (χ3n) is 3.67. The molecule has 1 amide bonds. The van der Waals surface area contributed by atoms with E-state index in [0.29, 0.717) is 17.2 Å². The zero-order valence-corrected chi connectivity index (χ0v) is 12.1. The quantitative estimate of drug-likeness (QED) is 0.711. The van der Waals surface area contributed by atoms with E-state index in [1.54, 1.807) is 0 Å². The van der Waals surface area contributed by atoms with Crippen molar-refractivity contribution >= 4 is 28.6 Å². The molecule has 2 heterocycles. The summed E-state index contributed by atoms with van der Waals surface area (Å²) in [6.45, 7) is 0. The molecule has 0 spiro atoms. The number of nitrogens with one attached hydrogen (secondary N) is 1. The van der Waals surface area contributed by atoms with Gasteiger partial charge in [0, 0.05) is 11.8 Å². The zero-order chi connectivity index (χ0) is 15.8. The normalized spacial score (nSPS) is 16.3. The van der Waals surface area contributed by atoms with Crippen LogP contribution in [0, 0.1) is 0 Å². The average Bonchev–Trinajstić information content (AvgIpc) is 3.16. The Kier molecular flexibility index (Phi) is 2.94. The number of hydrogen-bond acceptors (Lipinski definition) is 4. The zero-order valence-electron chi connectivity index (χ0n) is 12.1. The second-order valence-electron chi connectivity index (χ2n) is 5.09. The minimum absolute atomic E-state index is 0.301. The van der Waals surface area contributed by atoms with Crippen molar-refractivity contribution in [3.05, 3.63) is 71.9 Å². The van der Waals surface area contributed by atoms with Gasteiger partial charge < -0.3 is 10.7 Å². The Morgan fingerprint density at radius 2 is 1.78 bits per heavy atom. The fourth-order valence-corrected chi connectivity index (χ4v) is 2.56. The van der Waals surface area contributed by atoms with Gasteiger partial charge in [0.05, 0.1) is 16.6 Å². The summed E-state index contributed by atoms with van der Waals surface area (Å²) in [4.78, 5) is 20.1. The third kappa shape index (κ3) is 2.08. The Morgan fingerprint density at radius 3 is 2.52 bits per heavy atom. The molecule has 4 rings (SSSR count). The number of nitrogens with two attached hydrogens (primary N) is 1. The summed E-state index contributed by atoms with van der Waals surface area (Å²) < 4.78 is 0. The van der Waals surface area contributed by atoms with Crippen molar-refractivity contribution in [1.29, 1.82) is 0 Å². The molecule has 0 radical (unpaired) electrons. The average molecular weight is 303 g/mol. The van der Waals surface area contributed by atoms with E-state index in [1.807, 2.05) is 54.6 Å². The number of H-pyrrole nitrogens is 1. The van der Waals surface area contributed by atoms with Gasteiger partial charge in [-0.3, -0.25) is 4.79 Å². The maximum Gasteiger partial charge on any atom is 0.285 e. The lowest BCUT2D eigenvalue weighted by atomic mass is 10.0. The number of rotatable bonds is 2. The number of hydrazone groups is 1. The van der Waals surface area contributed by atoms with Crippen molar-refractivity contribution in [2.24, 2.45) is 10.8 Å². The number of amides is 1. The summed E-state index contributed by atoms with van der Waals surface area (Å²) in [5.41, 5.74) is 8.99. The van der Waals surface area contributed by atoms with Crippen LogP contribution in [0.15, 0.2) is 71.5 Å². The van der Waals surface area contributed by atoms with Crippen molar-refractivity contribution in [3.8, 4) is 0 Å². The van der Waals surface area contributed by atoms with Gasteiger partial charge in [-0.25, -0.2) is 4.98 Å². The van der Waals surface area contributed by atoms with Gasteiger partial charge in [0.15, 0.2) is 0 Å². The van der Waals surface area contributed by atoms with Crippen molar-refractivity contribution in [2.45, 2.75) is 0 Å². The predicted octanol–water partition coefficient (Wildman–Crippen LogP) is 2.16. The highest BCUT2D eigenvalue weighted by Crippen LogP contribution is 2.25. The number of carbonyl (C=O) groups excluding carboxylic acids is 1. The molecule has 1 aromatic heterocycles. The van der Waals surface area contributed by atoms with Crippen LogP contribution in [0.2, 0.25) is 0 Å². The van der Waals surface area contributed by atoms with E-state index in [2.05, 4.69) is 15.1 Å². The van der Waals surface area contributed by atoms with Gasteiger partial charge in [0.1, 0.15) is 5.71 Å². The number of anilines is 1. The molecular weight excluding hydrogens is 290 g/mol. The van der Waals surface area contributed by atoms with Gasteiger partial charge in [-0.2, -0.15) is 10.1 Å². The van der Waals surface area contributed by atoms with Gasteiger partial charge >= 0.3 is 0 Å². The molecule has 0 atom stereocenters. The smallest absolute Gasteiger partial charge is 0.285 e. The molecule has 0 saturated heterocycles. The highest BCUT2D eigenvalue weighted by atomic mass is 16.2. The second-order valence-corrected chi connectivity index (χ2v) is 5.09. The molecule has 112 valence electrons. The molecule has 6 nitrogen and oxygen atoms in total. The Bertz CT molecular complexity index is 922. The number of imidazole rings is 1. The van der Waals surface area contributed by atoms with E-state index in [1.165, 1.54) is 11.2 Å². The van der Waals surface area contributed by atoms with E-state index in [9.17, 15) is 4.79 Å². The molecule has 3 aromatic rings. The van der Waals surface area contributed by atoms with E-state index in [-0.39, 0.29) is 5.91 Å². The minimum atomic E-state index is -0.301. The fraction of sp³-hybridized carbons (Fsp3) is 0. The first-order chi connectivity index (χ1) is 11.3. The molecule has 1 aliphatic rings. The number of benzene rings is 2. The lowest BCUT2D eigenvalue weighted by Gasteiger charge is -2.06. The van der Waals surface area contributed by atoms with Crippen molar-refractivity contribution in [2.75, 3.05) is 5.01 Å².